The summed E-state index contributed by atoms with van der Waals surface area (Å²) in [5.74, 6) is -1.17. The lowest BCUT2D eigenvalue weighted by Gasteiger charge is -2.32. The van der Waals surface area contributed by atoms with E-state index in [1.165, 1.54) is 0 Å². The molecule has 0 aliphatic heterocycles. The van der Waals surface area contributed by atoms with Crippen LogP contribution < -0.4 is 21.5 Å². The van der Waals surface area contributed by atoms with Crippen LogP contribution in [0, 0.1) is 5.41 Å². The Morgan fingerprint density at radius 2 is 1.79 bits per heavy atom. The summed E-state index contributed by atoms with van der Waals surface area (Å²) in [6.45, 7) is 3.46. The molecule has 0 heterocycles. The largest absolute Gasteiger partial charge is 0.484 e. The van der Waals surface area contributed by atoms with Crippen LogP contribution in [0.15, 0.2) is 42.5 Å². The van der Waals surface area contributed by atoms with Gasteiger partial charge in [0.25, 0.3) is 5.91 Å². The van der Waals surface area contributed by atoms with Crippen molar-refractivity contribution in [2.45, 2.75) is 32.2 Å². The van der Waals surface area contributed by atoms with Gasteiger partial charge in [-0.05, 0) is 60.4 Å². The van der Waals surface area contributed by atoms with Crippen molar-refractivity contribution in [1.82, 2.24) is 0 Å². The Morgan fingerprint density at radius 3 is 2.28 bits per heavy atom. The van der Waals surface area contributed by atoms with Crippen LogP contribution in [-0.2, 0) is 21.5 Å². The number of aliphatic carboxylic acids is 1. The molecular weight excluding hydrogens is 372 g/mol. The maximum absolute atomic E-state index is 12.3. The molecule has 0 radical (unpaired) electrons. The molecule has 0 aliphatic rings. The number of aryl methyl sites for hydroxylation is 1. The van der Waals surface area contributed by atoms with E-state index in [4.69, 9.17) is 21.6 Å². The van der Waals surface area contributed by atoms with E-state index in [9.17, 15) is 14.7 Å². The topological polar surface area (TPSA) is 152 Å². The minimum absolute atomic E-state index is 0.0596. The number of carbonyl (C=O) groups excluding carboxylic acids is 1. The Kier molecular flexibility index (Phi) is 6.82. The van der Waals surface area contributed by atoms with Crippen molar-refractivity contribution < 1.29 is 19.4 Å². The molecule has 0 aromatic heterocycles. The standard InChI is InChI=1S/C21H26N4O4/c1-3-13-11-15(7-10-17(13)29-12-18(22)26)21(4-2,20(27)28)25-16-8-5-14(6-9-16)19(23)24/h5-11,25H,3-4,12H2,1-2H3,(H2,22,26)(H3,23,24)(H,27,28). The number of anilines is 1. The van der Waals surface area contributed by atoms with Crippen molar-refractivity contribution in [2.24, 2.45) is 11.5 Å². The van der Waals surface area contributed by atoms with E-state index in [0.29, 0.717) is 29.0 Å². The SMILES string of the molecule is CCc1cc(C(CC)(Nc2ccc(C(=N)N)cc2)C(=O)O)ccc1OCC(N)=O. The second kappa shape index (κ2) is 9.09. The third kappa shape index (κ3) is 4.84. The van der Waals surface area contributed by atoms with E-state index in [1.54, 1.807) is 49.4 Å². The average molecular weight is 398 g/mol. The Labute approximate surface area is 169 Å². The highest BCUT2D eigenvalue weighted by molar-refractivity contribution is 5.95. The second-order valence-electron chi connectivity index (χ2n) is 6.61. The summed E-state index contributed by atoms with van der Waals surface area (Å²) in [6.07, 6.45) is 0.871. The molecule has 29 heavy (non-hydrogen) atoms. The molecular formula is C21H26N4O4. The molecule has 2 rings (SSSR count). The minimum Gasteiger partial charge on any atom is -0.484 e. The predicted octanol–water partition coefficient (Wildman–Crippen LogP) is 2.20. The monoisotopic (exact) mass is 398 g/mol. The highest BCUT2D eigenvalue weighted by atomic mass is 16.5. The Balaban J connectivity index is 2.44. The number of carbonyl (C=O) groups is 2. The number of carboxylic acid groups (broad SMARTS) is 1. The molecule has 0 saturated carbocycles. The summed E-state index contributed by atoms with van der Waals surface area (Å²) in [7, 11) is 0. The molecule has 2 aromatic rings. The summed E-state index contributed by atoms with van der Waals surface area (Å²) < 4.78 is 5.43. The van der Waals surface area contributed by atoms with Crippen molar-refractivity contribution in [3.05, 3.63) is 59.2 Å². The fraction of sp³-hybridized carbons (Fsp3) is 0.286. The number of ether oxygens (including phenoxy) is 1. The van der Waals surface area contributed by atoms with Crippen LogP contribution in [0.2, 0.25) is 0 Å². The number of hydrogen-bond acceptors (Lipinski definition) is 5. The van der Waals surface area contributed by atoms with E-state index in [1.807, 2.05) is 6.92 Å². The van der Waals surface area contributed by atoms with Crippen molar-refractivity contribution in [3.63, 3.8) is 0 Å². The lowest BCUT2D eigenvalue weighted by molar-refractivity contribution is -0.142. The Morgan fingerprint density at radius 1 is 1.14 bits per heavy atom. The molecule has 0 saturated heterocycles. The van der Waals surface area contributed by atoms with Gasteiger partial charge >= 0.3 is 5.97 Å². The lowest BCUT2D eigenvalue weighted by atomic mass is 9.85. The van der Waals surface area contributed by atoms with Crippen LogP contribution in [0.3, 0.4) is 0 Å². The molecule has 0 spiro atoms. The zero-order valence-electron chi connectivity index (χ0n) is 16.5. The van der Waals surface area contributed by atoms with Crippen molar-refractivity contribution in [1.29, 1.82) is 5.41 Å². The quantitative estimate of drug-likeness (QED) is 0.306. The highest BCUT2D eigenvalue weighted by Gasteiger charge is 2.39. The van der Waals surface area contributed by atoms with Crippen LogP contribution in [-0.4, -0.2) is 29.4 Å². The summed E-state index contributed by atoms with van der Waals surface area (Å²) in [5, 5.41) is 20.7. The molecule has 8 heteroatoms. The number of carboxylic acids is 1. The van der Waals surface area contributed by atoms with Crippen LogP contribution in [0.5, 0.6) is 5.75 Å². The van der Waals surface area contributed by atoms with E-state index >= 15 is 0 Å². The van der Waals surface area contributed by atoms with Gasteiger partial charge in [0, 0.05) is 11.3 Å². The fourth-order valence-electron chi connectivity index (χ4n) is 3.08. The second-order valence-corrected chi connectivity index (χ2v) is 6.61. The molecule has 0 aliphatic carbocycles. The van der Waals surface area contributed by atoms with E-state index < -0.39 is 17.4 Å². The van der Waals surface area contributed by atoms with E-state index in [-0.39, 0.29) is 18.9 Å². The number of benzene rings is 2. The van der Waals surface area contributed by atoms with Gasteiger partial charge in [0.1, 0.15) is 11.6 Å². The number of primary amides is 1. The van der Waals surface area contributed by atoms with Crippen LogP contribution in [0.4, 0.5) is 5.69 Å². The van der Waals surface area contributed by atoms with Crippen molar-refractivity contribution >= 4 is 23.4 Å². The normalized spacial score (nSPS) is 12.6. The minimum atomic E-state index is -1.37. The summed E-state index contributed by atoms with van der Waals surface area (Å²) in [5.41, 5.74) is 11.7. The number of hydrogen-bond donors (Lipinski definition) is 5. The highest BCUT2D eigenvalue weighted by Crippen LogP contribution is 2.33. The average Bonchev–Trinajstić information content (AvgIpc) is 2.70. The maximum atomic E-state index is 12.3. The van der Waals surface area contributed by atoms with Crippen molar-refractivity contribution in [2.75, 3.05) is 11.9 Å². The third-order valence-electron chi connectivity index (χ3n) is 4.75. The first kappa shape index (κ1) is 21.7. The summed E-state index contributed by atoms with van der Waals surface area (Å²) in [6, 6.07) is 11.8. The predicted molar refractivity (Wildman–Crippen MR) is 111 cm³/mol. The maximum Gasteiger partial charge on any atom is 0.334 e. The van der Waals surface area contributed by atoms with Gasteiger partial charge < -0.3 is 26.6 Å². The van der Waals surface area contributed by atoms with Gasteiger partial charge in [-0.2, -0.15) is 0 Å². The zero-order chi connectivity index (χ0) is 21.6. The molecule has 0 bridgehead atoms. The number of nitrogen functional groups attached to an aromatic ring is 1. The zero-order valence-corrected chi connectivity index (χ0v) is 16.5. The van der Waals surface area contributed by atoms with Gasteiger partial charge in [0.2, 0.25) is 0 Å². The van der Waals surface area contributed by atoms with Gasteiger partial charge in [-0.3, -0.25) is 10.2 Å². The molecule has 0 fully saturated rings. The first-order valence-electron chi connectivity index (χ1n) is 9.24. The van der Waals surface area contributed by atoms with Crippen LogP contribution >= 0.6 is 0 Å². The lowest BCUT2D eigenvalue weighted by Crippen LogP contribution is -2.43. The third-order valence-corrected chi connectivity index (χ3v) is 4.75. The van der Waals surface area contributed by atoms with Crippen molar-refractivity contribution in [3.8, 4) is 5.75 Å². The number of amides is 1. The van der Waals surface area contributed by atoms with E-state index in [0.717, 1.165) is 5.56 Å². The van der Waals surface area contributed by atoms with Crippen LogP contribution in [0.25, 0.3) is 0 Å². The molecule has 8 nitrogen and oxygen atoms in total. The summed E-state index contributed by atoms with van der Waals surface area (Å²) in [4.78, 5) is 23.3. The van der Waals surface area contributed by atoms with Gasteiger partial charge in [0.05, 0.1) is 0 Å². The number of nitrogens with two attached hydrogens (primary N) is 2. The fourth-order valence-corrected chi connectivity index (χ4v) is 3.08. The van der Waals surface area contributed by atoms with E-state index in [2.05, 4.69) is 5.32 Å². The summed E-state index contributed by atoms with van der Waals surface area (Å²) >= 11 is 0. The van der Waals surface area contributed by atoms with Gasteiger partial charge in [-0.1, -0.05) is 19.9 Å². The smallest absolute Gasteiger partial charge is 0.334 e. The first-order chi connectivity index (χ1) is 13.7. The molecule has 7 N–H and O–H groups in total. The number of amidine groups is 1. The van der Waals surface area contributed by atoms with Gasteiger partial charge in [-0.25, -0.2) is 4.79 Å². The molecule has 1 unspecified atom stereocenters. The Hall–Kier alpha value is -3.55. The van der Waals surface area contributed by atoms with Gasteiger partial charge in [-0.15, -0.1) is 0 Å². The molecule has 1 atom stereocenters. The van der Waals surface area contributed by atoms with Gasteiger partial charge in [0.15, 0.2) is 12.1 Å². The molecule has 1 amide bonds. The number of rotatable bonds is 10. The molecule has 154 valence electrons. The Bertz CT molecular complexity index is 911. The van der Waals surface area contributed by atoms with Crippen LogP contribution in [0.1, 0.15) is 37.0 Å². The number of nitrogens with one attached hydrogen (secondary N) is 2. The molecule has 2 aromatic carbocycles. The first-order valence-corrected chi connectivity index (χ1v) is 9.24.